The van der Waals surface area contributed by atoms with E-state index in [-0.39, 0.29) is 17.8 Å². The quantitative estimate of drug-likeness (QED) is 0.451. The highest BCUT2D eigenvalue weighted by molar-refractivity contribution is 5.92. The van der Waals surface area contributed by atoms with Gasteiger partial charge in [0.25, 0.3) is 0 Å². The smallest absolute Gasteiger partial charge is 0.336 e. The normalized spacial score (nSPS) is 31.2. The molecule has 1 saturated heterocycles. The number of esters is 2. The van der Waals surface area contributed by atoms with Crippen molar-refractivity contribution in [3.63, 3.8) is 0 Å². The van der Waals surface area contributed by atoms with Crippen LogP contribution in [0.2, 0.25) is 0 Å². The fourth-order valence-corrected chi connectivity index (χ4v) is 3.27. The molecule has 26 heavy (non-hydrogen) atoms. The van der Waals surface area contributed by atoms with Crippen LogP contribution in [0.1, 0.15) is 33.1 Å². The topological polar surface area (TPSA) is 93.1 Å². The molecule has 0 amide bonds. The predicted molar refractivity (Wildman–Crippen MR) is 96.0 cm³/mol. The molecule has 0 aromatic rings. The van der Waals surface area contributed by atoms with Crippen molar-refractivity contribution in [1.29, 1.82) is 0 Å². The van der Waals surface area contributed by atoms with Gasteiger partial charge in [-0.15, -0.1) is 0 Å². The van der Waals surface area contributed by atoms with Crippen LogP contribution in [0.4, 0.5) is 0 Å². The summed E-state index contributed by atoms with van der Waals surface area (Å²) in [5.74, 6) is -1.70. The Morgan fingerprint density at radius 1 is 1.38 bits per heavy atom. The van der Waals surface area contributed by atoms with E-state index >= 15 is 0 Å². The summed E-state index contributed by atoms with van der Waals surface area (Å²) < 4.78 is 11.1. The van der Waals surface area contributed by atoms with Crippen LogP contribution in [0.15, 0.2) is 47.1 Å². The van der Waals surface area contributed by atoms with E-state index < -0.39 is 36.7 Å². The van der Waals surface area contributed by atoms with Gasteiger partial charge in [0.15, 0.2) is 0 Å². The Kier molecular flexibility index (Phi) is 6.94. The molecule has 2 N–H and O–H groups in total. The lowest BCUT2D eigenvalue weighted by Gasteiger charge is -2.27. The number of hydrogen-bond acceptors (Lipinski definition) is 6. The molecule has 1 heterocycles. The van der Waals surface area contributed by atoms with Gasteiger partial charge in [-0.1, -0.05) is 23.8 Å². The molecule has 1 fully saturated rings. The van der Waals surface area contributed by atoms with E-state index in [9.17, 15) is 14.7 Å². The summed E-state index contributed by atoms with van der Waals surface area (Å²) in [6, 6.07) is 0. The number of carbonyl (C=O) groups is 2. The van der Waals surface area contributed by atoms with Crippen LogP contribution >= 0.6 is 0 Å². The van der Waals surface area contributed by atoms with Gasteiger partial charge in [0, 0.05) is 12.0 Å². The van der Waals surface area contributed by atoms with Crippen LogP contribution in [0.5, 0.6) is 0 Å². The second kappa shape index (κ2) is 8.96. The number of fused-ring (bicyclic) bond motifs is 1. The molecule has 3 atom stereocenters. The van der Waals surface area contributed by atoms with Crippen molar-refractivity contribution in [2.45, 2.75) is 45.3 Å². The minimum atomic E-state index is -0.719. The fourth-order valence-electron chi connectivity index (χ4n) is 3.27. The molecular formula is C20H26O6. The fraction of sp³-hybridized carbons (Fsp3) is 0.500. The number of aliphatic hydroxyl groups excluding tert-OH is 2. The standard InChI is InChI=1S/C20H26O6/c1-12-5-4-6-13(2)10-17(26-20(24)15(11-22)7-8-21)18-14(3)19(23)25-16(18)9-12/h6-7,9,16-18,21-22H,3-5,8,10-11H2,1-2H3/b12-9-,13-6-,15-7+/t16-,17-,18+/m1/s1. The van der Waals surface area contributed by atoms with Gasteiger partial charge in [0.2, 0.25) is 0 Å². The van der Waals surface area contributed by atoms with Crippen molar-refractivity contribution >= 4 is 11.9 Å². The van der Waals surface area contributed by atoms with Crippen LogP contribution in [0.3, 0.4) is 0 Å². The van der Waals surface area contributed by atoms with E-state index in [0.29, 0.717) is 6.42 Å². The molecule has 6 heteroatoms. The average Bonchev–Trinajstić information content (AvgIpc) is 2.85. The molecule has 0 spiro atoms. The highest BCUT2D eigenvalue weighted by Gasteiger charge is 2.44. The number of rotatable bonds is 4. The first kappa shape index (κ1) is 20.1. The zero-order valence-corrected chi connectivity index (χ0v) is 15.2. The second-order valence-electron chi connectivity index (χ2n) is 6.74. The Morgan fingerprint density at radius 2 is 2.12 bits per heavy atom. The van der Waals surface area contributed by atoms with Gasteiger partial charge in [-0.25, -0.2) is 9.59 Å². The minimum absolute atomic E-state index is 0.0228. The van der Waals surface area contributed by atoms with E-state index in [1.54, 1.807) is 0 Å². The van der Waals surface area contributed by atoms with Crippen molar-refractivity contribution in [3.05, 3.63) is 47.1 Å². The third kappa shape index (κ3) is 4.71. The number of aliphatic hydroxyl groups is 2. The van der Waals surface area contributed by atoms with Crippen molar-refractivity contribution in [2.75, 3.05) is 13.2 Å². The minimum Gasteiger partial charge on any atom is -0.458 e. The molecule has 0 aromatic heterocycles. The Labute approximate surface area is 153 Å². The molecule has 1 aliphatic heterocycles. The lowest BCUT2D eigenvalue weighted by molar-refractivity contribution is -0.147. The van der Waals surface area contributed by atoms with Gasteiger partial charge >= 0.3 is 11.9 Å². The van der Waals surface area contributed by atoms with Crippen molar-refractivity contribution in [1.82, 2.24) is 0 Å². The third-order valence-electron chi connectivity index (χ3n) is 4.69. The zero-order chi connectivity index (χ0) is 19.3. The lowest BCUT2D eigenvalue weighted by atomic mass is 9.85. The summed E-state index contributed by atoms with van der Waals surface area (Å²) >= 11 is 0. The predicted octanol–water partition coefficient (Wildman–Crippen LogP) is 1.98. The van der Waals surface area contributed by atoms with Crippen LogP contribution in [0.25, 0.3) is 0 Å². The molecule has 0 saturated carbocycles. The molecule has 1 aliphatic carbocycles. The van der Waals surface area contributed by atoms with E-state index in [2.05, 4.69) is 12.7 Å². The molecule has 142 valence electrons. The number of hydrogen-bond donors (Lipinski definition) is 2. The summed E-state index contributed by atoms with van der Waals surface area (Å²) in [6.45, 7) is 6.85. The summed E-state index contributed by atoms with van der Waals surface area (Å²) in [6.07, 6.45) is 6.17. The summed E-state index contributed by atoms with van der Waals surface area (Å²) in [4.78, 5) is 24.4. The van der Waals surface area contributed by atoms with Gasteiger partial charge in [0.1, 0.15) is 12.2 Å². The first-order valence-corrected chi connectivity index (χ1v) is 8.71. The van der Waals surface area contributed by atoms with Gasteiger partial charge < -0.3 is 19.7 Å². The number of allylic oxidation sites excluding steroid dienone is 2. The maximum atomic E-state index is 12.4. The van der Waals surface area contributed by atoms with Gasteiger partial charge in [-0.05, 0) is 38.8 Å². The molecular weight excluding hydrogens is 336 g/mol. The van der Waals surface area contributed by atoms with Crippen molar-refractivity contribution < 1.29 is 29.3 Å². The Bertz CT molecular complexity index is 670. The van der Waals surface area contributed by atoms with Crippen LogP contribution in [-0.4, -0.2) is 47.6 Å². The van der Waals surface area contributed by atoms with Gasteiger partial charge in [0.05, 0.1) is 24.7 Å². The van der Waals surface area contributed by atoms with Gasteiger partial charge in [-0.2, -0.15) is 0 Å². The monoisotopic (exact) mass is 362 g/mol. The molecule has 2 aliphatic rings. The van der Waals surface area contributed by atoms with Crippen LogP contribution in [0, 0.1) is 5.92 Å². The van der Waals surface area contributed by atoms with E-state index in [4.69, 9.17) is 14.6 Å². The first-order chi connectivity index (χ1) is 12.4. The molecule has 2 rings (SSSR count). The SMILES string of the molecule is C=C1C(=O)O[C@@H]2/C=C(/C)CC/C=C(/C)C[C@@H](OC(=O)/C(=C/CO)CO)[C@@H]12. The van der Waals surface area contributed by atoms with Crippen molar-refractivity contribution in [2.24, 2.45) is 5.92 Å². The maximum absolute atomic E-state index is 12.4. The maximum Gasteiger partial charge on any atom is 0.336 e. The van der Waals surface area contributed by atoms with E-state index in [1.807, 2.05) is 19.9 Å². The summed E-state index contributed by atoms with van der Waals surface area (Å²) in [5, 5.41) is 18.3. The van der Waals surface area contributed by atoms with E-state index in [0.717, 1.165) is 24.0 Å². The highest BCUT2D eigenvalue weighted by atomic mass is 16.6. The number of carbonyl (C=O) groups excluding carboxylic acids is 2. The summed E-state index contributed by atoms with van der Waals surface area (Å²) in [5.41, 5.74) is 2.39. The van der Waals surface area contributed by atoms with Crippen molar-refractivity contribution in [3.8, 4) is 0 Å². The molecule has 6 nitrogen and oxygen atoms in total. The Balaban J connectivity index is 2.36. The highest BCUT2D eigenvalue weighted by Crippen LogP contribution is 2.36. The molecule has 0 radical (unpaired) electrons. The number of ether oxygens (including phenoxy) is 2. The van der Waals surface area contributed by atoms with Crippen LogP contribution in [-0.2, 0) is 19.1 Å². The average molecular weight is 362 g/mol. The largest absolute Gasteiger partial charge is 0.458 e. The second-order valence-corrected chi connectivity index (χ2v) is 6.74. The molecule has 0 aromatic carbocycles. The van der Waals surface area contributed by atoms with Gasteiger partial charge in [-0.3, -0.25) is 0 Å². The Morgan fingerprint density at radius 3 is 2.77 bits per heavy atom. The third-order valence-corrected chi connectivity index (χ3v) is 4.69. The first-order valence-electron chi connectivity index (χ1n) is 8.71. The van der Waals surface area contributed by atoms with Crippen LogP contribution < -0.4 is 0 Å². The lowest BCUT2D eigenvalue weighted by Crippen LogP contribution is -2.34. The summed E-state index contributed by atoms with van der Waals surface area (Å²) in [7, 11) is 0. The van der Waals surface area contributed by atoms with E-state index in [1.165, 1.54) is 6.08 Å². The molecule has 0 bridgehead atoms. The molecule has 0 unspecified atom stereocenters. The zero-order valence-electron chi connectivity index (χ0n) is 15.2. The Hall–Kier alpha value is -2.18.